The first-order valence-corrected chi connectivity index (χ1v) is 16.2. The number of phenolic OH excluding ortho intramolecular Hbond substituents is 2. The third-order valence-electron chi connectivity index (χ3n) is 9.80. The first-order chi connectivity index (χ1) is 25.4. The molecule has 1 heterocycles. The first kappa shape index (κ1) is 38.4. The molecule has 6 atom stereocenters. The van der Waals surface area contributed by atoms with E-state index in [1.807, 2.05) is 0 Å². The van der Waals surface area contributed by atoms with E-state index in [4.69, 9.17) is 24.7 Å². The van der Waals surface area contributed by atoms with Crippen LogP contribution in [-0.4, -0.2) is 92.8 Å². The number of alkyl carbamates (subject to hydrolysis) is 1. The highest BCUT2D eigenvalue weighted by Gasteiger charge is 2.50. The van der Waals surface area contributed by atoms with Crippen LogP contribution in [0, 0.1) is 23.3 Å². The van der Waals surface area contributed by atoms with Crippen molar-refractivity contribution in [3.05, 3.63) is 80.4 Å². The molecule has 19 heteroatoms. The zero-order valence-corrected chi connectivity index (χ0v) is 28.2. The zero-order chi connectivity index (χ0) is 39.5. The van der Waals surface area contributed by atoms with Crippen LogP contribution >= 0.6 is 0 Å². The second kappa shape index (κ2) is 14.1. The maximum Gasteiger partial charge on any atom is 0.407 e. The third-order valence-corrected chi connectivity index (χ3v) is 9.80. The van der Waals surface area contributed by atoms with Crippen molar-refractivity contribution >= 4 is 29.1 Å². The number of amides is 1. The minimum Gasteiger partial charge on any atom is -0.507 e. The van der Waals surface area contributed by atoms with Gasteiger partial charge in [0.25, 0.3) is 0 Å². The number of phenols is 2. The number of carbonyl (C=O) groups is 4. The Hall–Kier alpha value is -5.34. The van der Waals surface area contributed by atoms with E-state index in [-0.39, 0.29) is 28.0 Å². The van der Waals surface area contributed by atoms with E-state index in [1.54, 1.807) is 0 Å². The molecule has 1 fully saturated rings. The first-order valence-electron chi connectivity index (χ1n) is 16.2. The summed E-state index contributed by atoms with van der Waals surface area (Å²) in [6, 6.07) is 2.81. The SMILES string of the molecule is COc1cccc2c1C(=O)c1c(O)c3c(c(O)c1C2=O)C[C@@](O)(C(=O)CO)C[C@@H]3O[C@H]1C[C@H](NC(=O)OCc2c(F)c(F)c(N)c(F)c2F)[C@H](O)[C@H](C)O1. The van der Waals surface area contributed by atoms with Crippen LogP contribution in [0.1, 0.15) is 74.4 Å². The quantitative estimate of drug-likeness (QED) is 0.0589. The molecule has 2 aliphatic carbocycles. The van der Waals surface area contributed by atoms with Crippen molar-refractivity contribution in [2.75, 3.05) is 19.5 Å². The van der Waals surface area contributed by atoms with Gasteiger partial charge in [0.1, 0.15) is 47.9 Å². The van der Waals surface area contributed by atoms with Crippen LogP contribution in [0.5, 0.6) is 17.2 Å². The molecule has 0 radical (unpaired) electrons. The lowest BCUT2D eigenvalue weighted by Gasteiger charge is -2.42. The number of nitrogens with one attached hydrogen (secondary N) is 1. The summed E-state index contributed by atoms with van der Waals surface area (Å²) in [6.07, 6.45) is -9.06. The lowest BCUT2D eigenvalue weighted by Crippen LogP contribution is -2.56. The van der Waals surface area contributed by atoms with Crippen LogP contribution in [0.2, 0.25) is 0 Å². The van der Waals surface area contributed by atoms with Crippen LogP contribution in [0.3, 0.4) is 0 Å². The van der Waals surface area contributed by atoms with Crippen molar-refractivity contribution in [3.8, 4) is 17.2 Å². The number of rotatable bonds is 8. The van der Waals surface area contributed by atoms with E-state index in [2.05, 4.69) is 5.32 Å². The number of aliphatic hydroxyl groups is 3. The Morgan fingerprint density at radius 2 is 1.67 bits per heavy atom. The number of methoxy groups -OCH3 is 1. The highest BCUT2D eigenvalue weighted by molar-refractivity contribution is 6.31. The molecule has 3 aliphatic rings. The minimum atomic E-state index is -2.46. The molecule has 3 aromatic carbocycles. The zero-order valence-electron chi connectivity index (χ0n) is 28.2. The topological polar surface area (TPSA) is 244 Å². The number of ether oxygens (including phenoxy) is 4. The number of ketones is 3. The van der Waals surface area contributed by atoms with Gasteiger partial charge in [-0.25, -0.2) is 22.4 Å². The Kier molecular flexibility index (Phi) is 10.1. The van der Waals surface area contributed by atoms with Gasteiger partial charge >= 0.3 is 6.09 Å². The largest absolute Gasteiger partial charge is 0.507 e. The standard InChI is InChI=1S/C35H32F4N2O13/c1-11-29(44)15(41-34(49)52-10-14-24(36)26(38)28(40)27(39)25(14)37)6-19(53-11)54-17-8-35(50,18(43)9-42)7-13-21(17)33(48)23-22(31(13)46)30(45)12-4-3-5-16(51-2)20(12)32(23)47/h3-5,11,15,17,19,29,42,44,46,48,50H,6-10,40H2,1-2H3,(H,41,49)/t11-,15-,17-,19-,29+,35-/m0/s1. The summed E-state index contributed by atoms with van der Waals surface area (Å²) in [5, 5.41) is 57.3. The highest BCUT2D eigenvalue weighted by atomic mass is 19.2. The minimum absolute atomic E-state index is 0.00731. The van der Waals surface area contributed by atoms with E-state index >= 15 is 0 Å². The summed E-state index contributed by atoms with van der Waals surface area (Å²) in [6.45, 7) is -1.12. The molecule has 0 unspecified atom stereocenters. The van der Waals surface area contributed by atoms with Gasteiger partial charge in [0.15, 0.2) is 41.1 Å². The summed E-state index contributed by atoms with van der Waals surface area (Å²) >= 11 is 0. The lowest BCUT2D eigenvalue weighted by molar-refractivity contribution is -0.249. The van der Waals surface area contributed by atoms with Crippen LogP contribution in [0.15, 0.2) is 18.2 Å². The summed E-state index contributed by atoms with van der Waals surface area (Å²) in [5.74, 6) is -12.2. The third kappa shape index (κ3) is 6.16. The van der Waals surface area contributed by atoms with Crippen molar-refractivity contribution in [1.82, 2.24) is 5.32 Å². The molecular formula is C35H32F4N2O13. The van der Waals surface area contributed by atoms with Crippen LogP contribution in [0.4, 0.5) is 28.0 Å². The fraction of sp³-hybridized carbons (Fsp3) is 0.371. The number of hydrogen-bond acceptors (Lipinski definition) is 14. The number of hydrogen-bond donors (Lipinski definition) is 7. The highest BCUT2D eigenvalue weighted by Crippen LogP contribution is 2.52. The van der Waals surface area contributed by atoms with Gasteiger partial charge in [-0.2, -0.15) is 0 Å². The molecule has 15 nitrogen and oxygen atoms in total. The van der Waals surface area contributed by atoms with Gasteiger partial charge in [-0.05, 0) is 13.0 Å². The molecule has 8 N–H and O–H groups in total. The molecule has 1 amide bonds. The molecule has 288 valence electrons. The van der Waals surface area contributed by atoms with Crippen molar-refractivity contribution in [3.63, 3.8) is 0 Å². The van der Waals surface area contributed by atoms with E-state index in [1.165, 1.54) is 32.2 Å². The van der Waals surface area contributed by atoms with Crippen molar-refractivity contribution in [2.24, 2.45) is 0 Å². The van der Waals surface area contributed by atoms with Crippen LogP contribution in [-0.2, 0) is 32.0 Å². The van der Waals surface area contributed by atoms with Crippen LogP contribution in [0.25, 0.3) is 0 Å². The van der Waals surface area contributed by atoms with Gasteiger partial charge in [0.05, 0.1) is 47.6 Å². The molecule has 0 bridgehead atoms. The number of benzene rings is 3. The second-order valence-electron chi connectivity index (χ2n) is 13.0. The predicted octanol–water partition coefficient (Wildman–Crippen LogP) is 2.11. The number of carbonyl (C=O) groups excluding carboxylic acids is 4. The second-order valence-corrected chi connectivity index (χ2v) is 13.0. The number of fused-ring (bicyclic) bond motifs is 3. The van der Waals surface area contributed by atoms with Gasteiger partial charge < -0.3 is 55.5 Å². The maximum absolute atomic E-state index is 14.2. The fourth-order valence-electron chi connectivity index (χ4n) is 7.01. The van der Waals surface area contributed by atoms with Crippen LogP contribution < -0.4 is 15.8 Å². The van der Waals surface area contributed by atoms with E-state index < -0.39 is 149 Å². The summed E-state index contributed by atoms with van der Waals surface area (Å²) < 4.78 is 78.1. The molecule has 3 aromatic rings. The molecular weight excluding hydrogens is 732 g/mol. The van der Waals surface area contributed by atoms with E-state index in [0.29, 0.717) is 0 Å². The average molecular weight is 765 g/mol. The van der Waals surface area contributed by atoms with Crippen molar-refractivity contribution in [2.45, 2.75) is 69.0 Å². The van der Waals surface area contributed by atoms with Gasteiger partial charge in [-0.3, -0.25) is 14.4 Å². The molecule has 54 heavy (non-hydrogen) atoms. The van der Waals surface area contributed by atoms with Crippen molar-refractivity contribution < 1.29 is 81.2 Å². The number of nitrogens with two attached hydrogens (primary N) is 1. The number of halogens is 4. The Morgan fingerprint density at radius 1 is 1.02 bits per heavy atom. The number of aliphatic hydroxyl groups excluding tert-OH is 2. The fourth-order valence-corrected chi connectivity index (χ4v) is 7.01. The molecule has 0 spiro atoms. The number of aromatic hydroxyl groups is 2. The molecule has 6 rings (SSSR count). The van der Waals surface area contributed by atoms with Gasteiger partial charge in [0.2, 0.25) is 5.78 Å². The van der Waals surface area contributed by atoms with E-state index in [9.17, 15) is 62.3 Å². The summed E-state index contributed by atoms with van der Waals surface area (Å²) in [7, 11) is 1.25. The lowest BCUT2D eigenvalue weighted by atomic mass is 9.72. The Morgan fingerprint density at radius 3 is 2.30 bits per heavy atom. The number of nitrogen functional groups attached to an aromatic ring is 1. The number of anilines is 1. The van der Waals surface area contributed by atoms with Gasteiger partial charge in [-0.15, -0.1) is 0 Å². The number of Topliss-reactive ketones (excluding diaryl/α,β-unsaturated/α-hetero) is 1. The molecule has 1 saturated heterocycles. The predicted molar refractivity (Wildman–Crippen MR) is 172 cm³/mol. The van der Waals surface area contributed by atoms with Gasteiger partial charge in [-0.1, -0.05) is 12.1 Å². The summed E-state index contributed by atoms with van der Waals surface area (Å²) in [4.78, 5) is 53.0. The average Bonchev–Trinajstić information content (AvgIpc) is 3.14. The van der Waals surface area contributed by atoms with Crippen molar-refractivity contribution in [1.29, 1.82) is 0 Å². The molecule has 0 saturated carbocycles. The molecule has 1 aliphatic heterocycles. The Bertz CT molecular complexity index is 2080. The monoisotopic (exact) mass is 764 g/mol. The smallest absolute Gasteiger partial charge is 0.407 e. The van der Waals surface area contributed by atoms with E-state index in [0.717, 1.165) is 0 Å². The Labute approximate surface area is 301 Å². The molecule has 0 aromatic heterocycles. The Balaban J connectivity index is 1.31. The summed E-state index contributed by atoms with van der Waals surface area (Å²) in [5.41, 5.74) is -2.46. The maximum atomic E-state index is 14.2. The van der Waals surface area contributed by atoms with Gasteiger partial charge in [0, 0.05) is 36.0 Å². The normalized spacial score (nSPS) is 24.6.